The SMILES string of the molecule is COC(=O)c1cnc(Br)c(C(F)F)c1C(F)(F)F. The molecular weight excluding hydrogens is 329 g/mol. The molecule has 100 valence electrons. The van der Waals surface area contributed by atoms with E-state index in [-0.39, 0.29) is 0 Å². The molecule has 0 aliphatic rings. The van der Waals surface area contributed by atoms with Crippen molar-refractivity contribution < 1.29 is 31.5 Å². The number of esters is 1. The summed E-state index contributed by atoms with van der Waals surface area (Å²) in [6, 6.07) is 0. The third-order valence-corrected chi connectivity index (χ3v) is 2.61. The summed E-state index contributed by atoms with van der Waals surface area (Å²) in [5.41, 5.74) is -4.18. The predicted molar refractivity (Wildman–Crippen MR) is 53.2 cm³/mol. The molecule has 1 rings (SSSR count). The molecule has 3 nitrogen and oxygen atoms in total. The normalized spacial score (nSPS) is 11.8. The highest BCUT2D eigenvalue weighted by Crippen LogP contribution is 2.41. The number of nitrogens with zero attached hydrogens (tertiary/aromatic N) is 1. The van der Waals surface area contributed by atoms with Gasteiger partial charge in [-0.25, -0.2) is 18.6 Å². The number of carbonyl (C=O) groups is 1. The van der Waals surface area contributed by atoms with E-state index < -0.39 is 39.9 Å². The summed E-state index contributed by atoms with van der Waals surface area (Å²) in [5.74, 6) is -1.38. The molecule has 0 unspecified atom stereocenters. The summed E-state index contributed by atoms with van der Waals surface area (Å²) < 4.78 is 67.0. The van der Waals surface area contributed by atoms with Crippen LogP contribution < -0.4 is 0 Å². The number of aromatic nitrogens is 1. The van der Waals surface area contributed by atoms with Crippen LogP contribution in [0.1, 0.15) is 27.9 Å². The molecule has 0 amide bonds. The van der Waals surface area contributed by atoms with Gasteiger partial charge in [0.2, 0.25) is 0 Å². The summed E-state index contributed by atoms with van der Waals surface area (Å²) in [7, 11) is 0.840. The molecular formula is C9H5BrF5NO2. The van der Waals surface area contributed by atoms with Crippen LogP contribution >= 0.6 is 15.9 Å². The van der Waals surface area contributed by atoms with Crippen molar-refractivity contribution in [3.63, 3.8) is 0 Å². The maximum Gasteiger partial charge on any atom is 0.417 e. The maximum absolute atomic E-state index is 12.8. The second-order valence-corrected chi connectivity index (χ2v) is 3.79. The number of hydrogen-bond acceptors (Lipinski definition) is 3. The highest BCUT2D eigenvalue weighted by atomic mass is 79.9. The number of rotatable bonds is 2. The zero-order chi connectivity index (χ0) is 14.1. The minimum Gasteiger partial charge on any atom is -0.465 e. The summed E-state index contributed by atoms with van der Waals surface area (Å²) in [4.78, 5) is 14.4. The van der Waals surface area contributed by atoms with Crippen LogP contribution in [-0.2, 0) is 10.9 Å². The van der Waals surface area contributed by atoms with E-state index in [2.05, 4.69) is 25.7 Å². The fourth-order valence-electron chi connectivity index (χ4n) is 1.27. The fourth-order valence-corrected chi connectivity index (χ4v) is 1.75. The lowest BCUT2D eigenvalue weighted by atomic mass is 10.0. The average Bonchev–Trinajstić information content (AvgIpc) is 2.25. The summed E-state index contributed by atoms with van der Waals surface area (Å²) in [5, 5.41) is 0. The molecule has 1 heterocycles. The molecule has 1 aromatic rings. The van der Waals surface area contributed by atoms with Crippen molar-refractivity contribution in [2.24, 2.45) is 0 Å². The van der Waals surface area contributed by atoms with E-state index >= 15 is 0 Å². The summed E-state index contributed by atoms with van der Waals surface area (Å²) >= 11 is 2.50. The lowest BCUT2D eigenvalue weighted by Gasteiger charge is -2.16. The fraction of sp³-hybridized carbons (Fsp3) is 0.333. The Kier molecular flexibility index (Phi) is 4.25. The van der Waals surface area contributed by atoms with Gasteiger partial charge in [-0.15, -0.1) is 0 Å². The molecule has 0 bridgehead atoms. The Labute approximate surface area is 106 Å². The number of pyridine rings is 1. The van der Waals surface area contributed by atoms with E-state index in [1.165, 1.54) is 0 Å². The first kappa shape index (κ1) is 14.8. The van der Waals surface area contributed by atoms with Crippen LogP contribution in [0.4, 0.5) is 22.0 Å². The van der Waals surface area contributed by atoms with Crippen LogP contribution in [0.25, 0.3) is 0 Å². The minimum absolute atomic E-state index is 0.532. The van der Waals surface area contributed by atoms with E-state index in [0.29, 0.717) is 6.20 Å². The van der Waals surface area contributed by atoms with Crippen molar-refractivity contribution in [2.75, 3.05) is 7.11 Å². The van der Waals surface area contributed by atoms with Gasteiger partial charge in [-0.05, 0) is 15.9 Å². The highest BCUT2D eigenvalue weighted by Gasteiger charge is 2.42. The Bertz CT molecular complexity index is 475. The molecule has 18 heavy (non-hydrogen) atoms. The van der Waals surface area contributed by atoms with Crippen LogP contribution in [0.2, 0.25) is 0 Å². The Morgan fingerprint density at radius 1 is 1.44 bits per heavy atom. The maximum atomic E-state index is 12.8. The molecule has 0 spiro atoms. The second-order valence-electron chi connectivity index (χ2n) is 3.04. The molecule has 9 heteroatoms. The van der Waals surface area contributed by atoms with Crippen LogP contribution in [0.3, 0.4) is 0 Å². The summed E-state index contributed by atoms with van der Waals surface area (Å²) in [6.07, 6.45) is -8.03. The van der Waals surface area contributed by atoms with Gasteiger partial charge in [0, 0.05) is 6.20 Å². The highest BCUT2D eigenvalue weighted by molar-refractivity contribution is 9.10. The second kappa shape index (κ2) is 5.17. The monoisotopic (exact) mass is 333 g/mol. The largest absolute Gasteiger partial charge is 0.465 e. The van der Waals surface area contributed by atoms with Crippen LogP contribution in [0.15, 0.2) is 10.8 Å². The first-order valence-corrected chi connectivity index (χ1v) is 5.11. The Balaban J connectivity index is 3.65. The van der Waals surface area contributed by atoms with Crippen LogP contribution in [-0.4, -0.2) is 18.1 Å². The van der Waals surface area contributed by atoms with Gasteiger partial charge in [0.05, 0.1) is 23.8 Å². The Hall–Kier alpha value is -1.25. The van der Waals surface area contributed by atoms with Gasteiger partial charge < -0.3 is 4.74 Å². The lowest BCUT2D eigenvalue weighted by molar-refractivity contribution is -0.140. The zero-order valence-corrected chi connectivity index (χ0v) is 10.3. The van der Waals surface area contributed by atoms with Crippen molar-refractivity contribution in [1.82, 2.24) is 4.98 Å². The summed E-state index contributed by atoms with van der Waals surface area (Å²) in [6.45, 7) is 0. The van der Waals surface area contributed by atoms with Gasteiger partial charge in [-0.2, -0.15) is 13.2 Å². The van der Waals surface area contributed by atoms with E-state index in [1.807, 2.05) is 0 Å². The van der Waals surface area contributed by atoms with Crippen molar-refractivity contribution in [3.05, 3.63) is 27.5 Å². The van der Waals surface area contributed by atoms with Gasteiger partial charge in [-0.1, -0.05) is 0 Å². The van der Waals surface area contributed by atoms with Gasteiger partial charge in [0.15, 0.2) is 0 Å². The molecule has 0 aliphatic heterocycles. The van der Waals surface area contributed by atoms with Gasteiger partial charge in [0.1, 0.15) is 4.60 Å². The molecule has 0 radical (unpaired) electrons. The van der Waals surface area contributed by atoms with E-state index in [9.17, 15) is 26.7 Å². The number of hydrogen-bond donors (Lipinski definition) is 0. The number of methoxy groups -OCH3 is 1. The number of halogens is 6. The van der Waals surface area contributed by atoms with Crippen LogP contribution in [0, 0.1) is 0 Å². The topological polar surface area (TPSA) is 39.2 Å². The predicted octanol–water partition coefficient (Wildman–Crippen LogP) is 3.59. The average molecular weight is 334 g/mol. The molecule has 0 N–H and O–H groups in total. The third-order valence-electron chi connectivity index (χ3n) is 1.97. The molecule has 0 aromatic carbocycles. The molecule has 0 fully saturated rings. The number of ether oxygens (including phenoxy) is 1. The van der Waals surface area contributed by atoms with Crippen molar-refractivity contribution >= 4 is 21.9 Å². The quantitative estimate of drug-likeness (QED) is 0.471. The van der Waals surface area contributed by atoms with Crippen molar-refractivity contribution in [1.29, 1.82) is 0 Å². The van der Waals surface area contributed by atoms with Gasteiger partial charge in [-0.3, -0.25) is 0 Å². The number of alkyl halides is 5. The number of carbonyl (C=O) groups excluding carboxylic acids is 1. The smallest absolute Gasteiger partial charge is 0.417 e. The molecule has 1 aromatic heterocycles. The Morgan fingerprint density at radius 3 is 2.39 bits per heavy atom. The van der Waals surface area contributed by atoms with Crippen molar-refractivity contribution in [2.45, 2.75) is 12.6 Å². The van der Waals surface area contributed by atoms with E-state index in [1.54, 1.807) is 0 Å². The Morgan fingerprint density at radius 2 is 2.00 bits per heavy atom. The lowest BCUT2D eigenvalue weighted by Crippen LogP contribution is -2.18. The molecule has 0 aliphatic carbocycles. The minimum atomic E-state index is -5.12. The van der Waals surface area contributed by atoms with E-state index in [4.69, 9.17) is 0 Å². The molecule has 0 atom stereocenters. The molecule has 0 saturated heterocycles. The first-order valence-electron chi connectivity index (χ1n) is 4.32. The molecule has 0 saturated carbocycles. The zero-order valence-electron chi connectivity index (χ0n) is 8.69. The van der Waals surface area contributed by atoms with Gasteiger partial charge in [0.25, 0.3) is 6.43 Å². The third kappa shape index (κ3) is 2.77. The van der Waals surface area contributed by atoms with Crippen LogP contribution in [0.5, 0.6) is 0 Å². The van der Waals surface area contributed by atoms with E-state index in [0.717, 1.165) is 7.11 Å². The first-order chi connectivity index (χ1) is 8.20. The standard InChI is InChI=1S/C9H5BrF5NO2/c1-18-8(17)3-2-16-6(10)4(7(11)12)5(3)9(13,14)15/h2,7H,1H3. The van der Waals surface area contributed by atoms with Gasteiger partial charge >= 0.3 is 12.1 Å². The van der Waals surface area contributed by atoms with Crippen molar-refractivity contribution in [3.8, 4) is 0 Å².